The summed E-state index contributed by atoms with van der Waals surface area (Å²) in [5.74, 6) is -0.754. The molecule has 2 rings (SSSR count). The third-order valence-electron chi connectivity index (χ3n) is 4.26. The molecule has 28 heavy (non-hydrogen) atoms. The Kier molecular flexibility index (Phi) is 7.92. The van der Waals surface area contributed by atoms with E-state index < -0.39 is 19.0 Å². The third-order valence-corrected chi connectivity index (χ3v) is 4.26. The van der Waals surface area contributed by atoms with Crippen LogP contribution in [-0.4, -0.2) is 46.6 Å². The summed E-state index contributed by atoms with van der Waals surface area (Å²) in [7, 11) is -1.49. The lowest BCUT2D eigenvalue weighted by molar-refractivity contribution is -0.607. The van der Waals surface area contributed by atoms with Crippen molar-refractivity contribution in [1.82, 2.24) is 15.6 Å². The molecule has 1 amide bonds. The van der Waals surface area contributed by atoms with E-state index in [2.05, 4.69) is 15.6 Å². The molecule has 9 heteroatoms. The van der Waals surface area contributed by atoms with E-state index >= 15 is 0 Å². The predicted octanol–water partition coefficient (Wildman–Crippen LogP) is 0.517. The van der Waals surface area contributed by atoms with E-state index in [1.807, 2.05) is 32.0 Å². The van der Waals surface area contributed by atoms with Crippen LogP contribution in [0.1, 0.15) is 37.7 Å². The SMILES string of the molecule is CC(C)C[C@H](NC[C@H](C)NC(=O)c1c(-c2ccccc2)ncc[n+]1[O-])B(O)O. The van der Waals surface area contributed by atoms with E-state index in [4.69, 9.17) is 0 Å². The van der Waals surface area contributed by atoms with E-state index in [0.717, 1.165) is 0 Å². The lowest BCUT2D eigenvalue weighted by Crippen LogP contribution is -2.51. The molecule has 0 spiro atoms. The number of benzene rings is 1. The average molecular weight is 386 g/mol. The first-order valence-electron chi connectivity index (χ1n) is 9.33. The second-order valence-corrected chi connectivity index (χ2v) is 7.25. The summed E-state index contributed by atoms with van der Waals surface area (Å²) in [6.07, 6.45) is 3.13. The summed E-state index contributed by atoms with van der Waals surface area (Å²) in [6.45, 7) is 6.07. The van der Waals surface area contributed by atoms with Crippen LogP contribution in [0.4, 0.5) is 0 Å². The van der Waals surface area contributed by atoms with Crippen molar-refractivity contribution in [3.63, 3.8) is 0 Å². The minimum atomic E-state index is -1.49. The Labute approximate surface area is 165 Å². The number of carbonyl (C=O) groups excluding carboxylic acids is 1. The van der Waals surface area contributed by atoms with Crippen LogP contribution in [0.2, 0.25) is 0 Å². The van der Waals surface area contributed by atoms with E-state index in [0.29, 0.717) is 29.0 Å². The first-order valence-corrected chi connectivity index (χ1v) is 9.33. The summed E-state index contributed by atoms with van der Waals surface area (Å²) < 4.78 is 0.504. The molecule has 0 saturated heterocycles. The van der Waals surface area contributed by atoms with Crippen molar-refractivity contribution in [2.75, 3.05) is 6.54 Å². The van der Waals surface area contributed by atoms with Gasteiger partial charge in [-0.2, -0.15) is 4.73 Å². The molecule has 0 saturated carbocycles. The maximum Gasteiger partial charge on any atom is 0.469 e. The van der Waals surface area contributed by atoms with Gasteiger partial charge < -0.3 is 25.9 Å². The van der Waals surface area contributed by atoms with Gasteiger partial charge in [-0.15, -0.1) is 0 Å². The van der Waals surface area contributed by atoms with E-state index in [1.165, 1.54) is 12.4 Å². The molecule has 0 fully saturated rings. The van der Waals surface area contributed by atoms with Gasteiger partial charge in [0.2, 0.25) is 0 Å². The first kappa shape index (κ1) is 21.8. The molecule has 1 aromatic heterocycles. The van der Waals surface area contributed by atoms with Gasteiger partial charge >= 0.3 is 18.7 Å². The van der Waals surface area contributed by atoms with Gasteiger partial charge in [-0.1, -0.05) is 44.2 Å². The number of amides is 1. The van der Waals surface area contributed by atoms with E-state index in [-0.39, 0.29) is 17.7 Å². The number of hydrogen-bond donors (Lipinski definition) is 4. The minimum absolute atomic E-state index is 0.0820. The highest BCUT2D eigenvalue weighted by Crippen LogP contribution is 2.18. The number of rotatable bonds is 9. The molecule has 8 nitrogen and oxygen atoms in total. The molecule has 0 bridgehead atoms. The zero-order valence-corrected chi connectivity index (χ0v) is 16.4. The lowest BCUT2D eigenvalue weighted by Gasteiger charge is -2.22. The van der Waals surface area contributed by atoms with Gasteiger partial charge in [0.15, 0.2) is 6.20 Å². The fourth-order valence-corrected chi connectivity index (χ4v) is 2.91. The van der Waals surface area contributed by atoms with Gasteiger partial charge in [0, 0.05) is 24.1 Å². The van der Waals surface area contributed by atoms with Gasteiger partial charge in [-0.25, -0.2) is 4.98 Å². The topological polar surface area (TPSA) is 121 Å². The highest BCUT2D eigenvalue weighted by Gasteiger charge is 2.27. The molecule has 150 valence electrons. The Morgan fingerprint density at radius 3 is 2.54 bits per heavy atom. The molecule has 2 aromatic rings. The zero-order valence-electron chi connectivity index (χ0n) is 16.4. The van der Waals surface area contributed by atoms with Crippen LogP contribution in [0.3, 0.4) is 0 Å². The molecule has 0 aliphatic heterocycles. The Balaban J connectivity index is 2.08. The molecule has 0 aliphatic rings. The molecule has 4 N–H and O–H groups in total. The molecule has 0 radical (unpaired) electrons. The Morgan fingerprint density at radius 2 is 1.93 bits per heavy atom. The number of aromatic nitrogens is 2. The molecule has 2 atom stereocenters. The van der Waals surface area contributed by atoms with Crippen molar-refractivity contribution < 1.29 is 19.6 Å². The quantitative estimate of drug-likeness (QED) is 0.283. The minimum Gasteiger partial charge on any atom is -0.618 e. The van der Waals surface area contributed by atoms with Gasteiger partial charge in [-0.3, -0.25) is 4.79 Å². The number of hydrogen-bond acceptors (Lipinski definition) is 6. The standard InChI is InChI=1S/C19H27BN4O4/c1-13(2)11-16(20(26)27)22-12-14(3)23-19(25)18-17(21-9-10-24(18)28)15-7-5-4-6-8-15/h4-10,13-14,16,22,26-27H,11-12H2,1-3H3,(H,23,25)/t14-,16-/m0/s1. The second kappa shape index (κ2) is 10.2. The van der Waals surface area contributed by atoms with Crippen LogP contribution < -0.4 is 15.4 Å². The maximum absolute atomic E-state index is 12.7. The first-order chi connectivity index (χ1) is 13.3. The van der Waals surface area contributed by atoms with Crippen LogP contribution >= 0.6 is 0 Å². The van der Waals surface area contributed by atoms with Crippen molar-refractivity contribution in [1.29, 1.82) is 0 Å². The Bertz CT molecular complexity index is 774. The lowest BCUT2D eigenvalue weighted by atomic mass is 9.75. The molecule has 0 aliphatic carbocycles. The van der Waals surface area contributed by atoms with Gasteiger partial charge in [0.05, 0.1) is 6.20 Å². The molecule has 1 heterocycles. The predicted molar refractivity (Wildman–Crippen MR) is 107 cm³/mol. The van der Waals surface area contributed by atoms with E-state index in [9.17, 15) is 20.0 Å². The van der Waals surface area contributed by atoms with Gasteiger partial charge in [0.25, 0.3) is 0 Å². The number of carbonyl (C=O) groups is 1. The van der Waals surface area contributed by atoms with Crippen molar-refractivity contribution in [3.8, 4) is 11.3 Å². The van der Waals surface area contributed by atoms with Crippen LogP contribution in [0.5, 0.6) is 0 Å². The van der Waals surface area contributed by atoms with Gasteiger partial charge in [-0.05, 0) is 19.3 Å². The number of nitrogens with zero attached hydrogens (tertiary/aromatic N) is 2. The molecule has 0 unspecified atom stereocenters. The normalized spacial score (nSPS) is 13.2. The summed E-state index contributed by atoms with van der Waals surface area (Å²) in [4.78, 5) is 16.9. The van der Waals surface area contributed by atoms with Crippen LogP contribution in [0.15, 0.2) is 42.7 Å². The fraction of sp³-hybridized carbons (Fsp3) is 0.421. The highest BCUT2D eigenvalue weighted by atomic mass is 16.5. The van der Waals surface area contributed by atoms with Crippen LogP contribution in [-0.2, 0) is 0 Å². The highest BCUT2D eigenvalue weighted by molar-refractivity contribution is 6.43. The molecular formula is C19H27BN4O4. The summed E-state index contributed by atoms with van der Waals surface area (Å²) in [6, 6.07) is 8.68. The largest absolute Gasteiger partial charge is 0.618 e. The van der Waals surface area contributed by atoms with Crippen LogP contribution in [0.25, 0.3) is 11.3 Å². The molecular weight excluding hydrogens is 359 g/mol. The monoisotopic (exact) mass is 386 g/mol. The zero-order chi connectivity index (χ0) is 20.7. The Morgan fingerprint density at radius 1 is 1.25 bits per heavy atom. The summed E-state index contributed by atoms with van der Waals surface area (Å²) in [5, 5.41) is 37.0. The fourth-order valence-electron chi connectivity index (χ4n) is 2.91. The summed E-state index contributed by atoms with van der Waals surface area (Å²) in [5.41, 5.74) is 0.893. The van der Waals surface area contributed by atoms with Crippen molar-refractivity contribution in [2.45, 2.75) is 39.2 Å². The number of nitrogens with one attached hydrogen (secondary N) is 2. The van der Waals surface area contributed by atoms with Crippen molar-refractivity contribution in [2.24, 2.45) is 5.92 Å². The van der Waals surface area contributed by atoms with Gasteiger partial charge in [0.1, 0.15) is 5.69 Å². The van der Waals surface area contributed by atoms with Crippen molar-refractivity contribution >= 4 is 13.0 Å². The average Bonchev–Trinajstić information content (AvgIpc) is 2.65. The Hall–Kier alpha value is -2.49. The smallest absolute Gasteiger partial charge is 0.469 e. The molecule has 1 aromatic carbocycles. The van der Waals surface area contributed by atoms with Crippen molar-refractivity contribution in [3.05, 3.63) is 53.6 Å². The summed E-state index contributed by atoms with van der Waals surface area (Å²) >= 11 is 0. The maximum atomic E-state index is 12.7. The van der Waals surface area contributed by atoms with E-state index in [1.54, 1.807) is 19.1 Å². The third kappa shape index (κ3) is 6.02. The second-order valence-electron chi connectivity index (χ2n) is 7.25. The van der Waals surface area contributed by atoms with Crippen LogP contribution in [0, 0.1) is 11.1 Å².